The molecule has 110 valence electrons. The van der Waals surface area contributed by atoms with E-state index in [1.54, 1.807) is 0 Å². The second-order valence-corrected chi connectivity index (χ2v) is 4.67. The summed E-state index contributed by atoms with van der Waals surface area (Å²) in [6.07, 6.45) is 3.09. The van der Waals surface area contributed by atoms with E-state index in [1.807, 2.05) is 0 Å². The van der Waals surface area contributed by atoms with Gasteiger partial charge >= 0.3 is 11.8 Å². The van der Waals surface area contributed by atoms with Crippen LogP contribution in [0.5, 0.6) is 0 Å². The lowest BCUT2D eigenvalue weighted by Gasteiger charge is -2.26. The zero-order valence-electron chi connectivity index (χ0n) is 11.7. The molecule has 0 aromatic carbocycles. The smallest absolute Gasteiger partial charge is 0.309 e. The van der Waals surface area contributed by atoms with Crippen molar-refractivity contribution in [2.45, 2.75) is 26.2 Å². The molecule has 2 N–H and O–H groups in total. The topological polar surface area (TPSA) is 70.7 Å². The van der Waals surface area contributed by atoms with Crippen LogP contribution in [-0.2, 0) is 14.3 Å². The van der Waals surface area contributed by atoms with Crippen molar-refractivity contribution < 1.29 is 14.3 Å². The van der Waals surface area contributed by atoms with Crippen LogP contribution in [0.15, 0.2) is 0 Å². The summed E-state index contributed by atoms with van der Waals surface area (Å²) in [5.41, 5.74) is 0. The van der Waals surface area contributed by atoms with E-state index >= 15 is 0 Å². The zero-order valence-corrected chi connectivity index (χ0v) is 11.7. The Hall–Kier alpha value is -1.14. The Bertz CT molecular complexity index is 278. The fraction of sp³-hybridized carbons (Fsp3) is 0.846. The Morgan fingerprint density at radius 2 is 1.68 bits per heavy atom. The monoisotopic (exact) mass is 271 g/mol. The van der Waals surface area contributed by atoms with Gasteiger partial charge in [0.15, 0.2) is 0 Å². The molecule has 6 heteroatoms. The number of rotatable bonds is 7. The molecule has 1 heterocycles. The molecule has 1 fully saturated rings. The molecule has 0 bridgehead atoms. The second kappa shape index (κ2) is 9.75. The van der Waals surface area contributed by atoms with Crippen LogP contribution < -0.4 is 10.6 Å². The number of nitrogens with one attached hydrogen (secondary N) is 2. The molecule has 0 aromatic heterocycles. The van der Waals surface area contributed by atoms with Gasteiger partial charge in [-0.25, -0.2) is 0 Å². The van der Waals surface area contributed by atoms with Crippen molar-refractivity contribution in [2.24, 2.45) is 0 Å². The number of carbonyl (C=O) groups is 2. The second-order valence-electron chi connectivity index (χ2n) is 4.67. The highest BCUT2D eigenvalue weighted by Crippen LogP contribution is 1.94. The third-order valence-corrected chi connectivity index (χ3v) is 3.09. The van der Waals surface area contributed by atoms with Crippen LogP contribution in [-0.4, -0.2) is 62.7 Å². The molecule has 0 unspecified atom stereocenters. The van der Waals surface area contributed by atoms with E-state index in [1.165, 1.54) is 0 Å². The average Bonchev–Trinajstić information content (AvgIpc) is 2.44. The van der Waals surface area contributed by atoms with E-state index in [9.17, 15) is 9.59 Å². The predicted octanol–water partition coefficient (Wildman–Crippen LogP) is -0.259. The maximum Gasteiger partial charge on any atom is 0.309 e. The van der Waals surface area contributed by atoms with Crippen molar-refractivity contribution in [3.8, 4) is 0 Å². The van der Waals surface area contributed by atoms with E-state index in [2.05, 4.69) is 22.5 Å². The normalized spacial score (nSPS) is 16.1. The van der Waals surface area contributed by atoms with Crippen molar-refractivity contribution in [3.63, 3.8) is 0 Å². The molecular weight excluding hydrogens is 246 g/mol. The highest BCUT2D eigenvalue weighted by atomic mass is 16.5. The molecule has 0 spiro atoms. The van der Waals surface area contributed by atoms with Gasteiger partial charge in [-0.3, -0.25) is 14.5 Å². The van der Waals surface area contributed by atoms with Gasteiger partial charge in [-0.2, -0.15) is 0 Å². The first kappa shape index (κ1) is 15.9. The van der Waals surface area contributed by atoms with Gasteiger partial charge in [0, 0.05) is 32.7 Å². The molecule has 1 rings (SSSR count). The fourth-order valence-electron chi connectivity index (χ4n) is 1.89. The molecule has 0 atom stereocenters. The lowest BCUT2D eigenvalue weighted by molar-refractivity contribution is -0.139. The van der Waals surface area contributed by atoms with Crippen molar-refractivity contribution in [2.75, 3.05) is 45.9 Å². The average molecular weight is 271 g/mol. The molecule has 1 saturated heterocycles. The predicted molar refractivity (Wildman–Crippen MR) is 72.8 cm³/mol. The van der Waals surface area contributed by atoms with Crippen LogP contribution in [0.2, 0.25) is 0 Å². The Morgan fingerprint density at radius 3 is 2.32 bits per heavy atom. The van der Waals surface area contributed by atoms with E-state index in [0.29, 0.717) is 13.1 Å². The van der Waals surface area contributed by atoms with Gasteiger partial charge in [0.2, 0.25) is 0 Å². The van der Waals surface area contributed by atoms with E-state index in [4.69, 9.17) is 4.74 Å². The molecule has 0 aliphatic carbocycles. The van der Waals surface area contributed by atoms with Gasteiger partial charge in [0.1, 0.15) is 0 Å². The first-order valence-corrected chi connectivity index (χ1v) is 7.10. The first-order valence-electron chi connectivity index (χ1n) is 7.10. The maximum absolute atomic E-state index is 11.5. The van der Waals surface area contributed by atoms with Crippen LogP contribution in [0.25, 0.3) is 0 Å². The quantitative estimate of drug-likeness (QED) is 0.494. The Kier molecular flexibility index (Phi) is 8.16. The van der Waals surface area contributed by atoms with Crippen LogP contribution in [0.1, 0.15) is 26.2 Å². The van der Waals surface area contributed by atoms with Crippen LogP contribution in [0, 0.1) is 0 Å². The Labute approximate surface area is 114 Å². The summed E-state index contributed by atoms with van der Waals surface area (Å²) in [5, 5.41) is 5.26. The molecule has 2 amide bonds. The van der Waals surface area contributed by atoms with Gasteiger partial charge in [-0.05, 0) is 6.42 Å². The van der Waals surface area contributed by atoms with Gasteiger partial charge in [-0.15, -0.1) is 0 Å². The largest absolute Gasteiger partial charge is 0.379 e. The minimum atomic E-state index is -0.537. The first-order chi connectivity index (χ1) is 9.24. The van der Waals surface area contributed by atoms with Crippen LogP contribution in [0.4, 0.5) is 0 Å². The summed E-state index contributed by atoms with van der Waals surface area (Å²) in [6, 6.07) is 0. The third kappa shape index (κ3) is 7.12. The van der Waals surface area contributed by atoms with Gasteiger partial charge in [0.05, 0.1) is 13.2 Å². The Balaban J connectivity index is 2.04. The lowest BCUT2D eigenvalue weighted by atomic mass is 10.2. The summed E-state index contributed by atoms with van der Waals surface area (Å²) in [7, 11) is 0. The van der Waals surface area contributed by atoms with E-state index in [-0.39, 0.29) is 0 Å². The molecule has 6 nitrogen and oxygen atoms in total. The minimum Gasteiger partial charge on any atom is -0.379 e. The number of carbonyl (C=O) groups excluding carboxylic acids is 2. The number of hydrogen-bond donors (Lipinski definition) is 2. The number of amides is 2. The molecule has 0 radical (unpaired) electrons. The van der Waals surface area contributed by atoms with Crippen molar-refractivity contribution >= 4 is 11.8 Å². The molecule has 0 aromatic rings. The Morgan fingerprint density at radius 1 is 1.05 bits per heavy atom. The van der Waals surface area contributed by atoms with Crippen molar-refractivity contribution in [1.82, 2.24) is 15.5 Å². The maximum atomic E-state index is 11.5. The minimum absolute atomic E-state index is 0.501. The molecule has 1 aliphatic heterocycles. The summed E-state index contributed by atoms with van der Waals surface area (Å²) in [4.78, 5) is 25.1. The summed E-state index contributed by atoms with van der Waals surface area (Å²) in [5.74, 6) is -1.07. The molecule has 19 heavy (non-hydrogen) atoms. The summed E-state index contributed by atoms with van der Waals surface area (Å²) >= 11 is 0. The van der Waals surface area contributed by atoms with Gasteiger partial charge in [0.25, 0.3) is 0 Å². The van der Waals surface area contributed by atoms with Gasteiger partial charge < -0.3 is 15.4 Å². The third-order valence-electron chi connectivity index (χ3n) is 3.09. The number of unbranched alkanes of at least 4 members (excludes halogenated alkanes) is 2. The van der Waals surface area contributed by atoms with Gasteiger partial charge in [-0.1, -0.05) is 19.8 Å². The van der Waals surface area contributed by atoms with E-state index < -0.39 is 11.8 Å². The highest BCUT2D eigenvalue weighted by Gasteiger charge is 2.13. The number of nitrogens with zero attached hydrogens (tertiary/aromatic N) is 1. The summed E-state index contributed by atoms with van der Waals surface area (Å²) in [6.45, 7) is 7.19. The number of ether oxygens (including phenoxy) is 1. The standard InChI is InChI=1S/C13H25N3O3/c1-2-3-4-5-14-12(17)13(18)15-6-7-16-8-10-19-11-9-16/h2-11H2,1H3,(H,14,17)(H,15,18). The zero-order chi connectivity index (χ0) is 13.9. The molecule has 0 saturated carbocycles. The number of hydrogen-bond acceptors (Lipinski definition) is 4. The van der Waals surface area contributed by atoms with Crippen molar-refractivity contribution in [1.29, 1.82) is 0 Å². The van der Waals surface area contributed by atoms with Crippen LogP contribution >= 0.6 is 0 Å². The van der Waals surface area contributed by atoms with E-state index in [0.717, 1.165) is 52.1 Å². The summed E-state index contributed by atoms with van der Waals surface area (Å²) < 4.78 is 5.24. The van der Waals surface area contributed by atoms with Crippen LogP contribution in [0.3, 0.4) is 0 Å². The fourth-order valence-corrected chi connectivity index (χ4v) is 1.89. The number of morpholine rings is 1. The molecule has 1 aliphatic rings. The highest BCUT2D eigenvalue weighted by molar-refractivity contribution is 6.35. The SMILES string of the molecule is CCCCCNC(=O)C(=O)NCCN1CCOCC1. The molecular formula is C13H25N3O3. The lowest BCUT2D eigenvalue weighted by Crippen LogP contribution is -2.45. The van der Waals surface area contributed by atoms with Crippen molar-refractivity contribution in [3.05, 3.63) is 0 Å².